The number of benzene rings is 12. The number of anilines is 4. The van der Waals surface area contributed by atoms with Gasteiger partial charge in [-0.3, -0.25) is 0 Å². The number of nitrogens with zero attached hydrogens (tertiary/aromatic N) is 12. The van der Waals surface area contributed by atoms with E-state index < -0.39 is 0 Å². The van der Waals surface area contributed by atoms with E-state index in [0.29, 0.717) is 0 Å². The second-order valence-corrected chi connectivity index (χ2v) is 34.2. The Morgan fingerprint density at radius 3 is 0.614 bits per heavy atom. The molecule has 16 rings (SSSR count). The molecule has 0 N–H and O–H groups in total. The topological polar surface area (TPSA) is 44.7 Å². The average Bonchev–Trinajstić information content (AvgIpc) is 1.61. The third-order valence-corrected chi connectivity index (χ3v) is 24.9. The Morgan fingerprint density at radius 2 is 0.417 bits per heavy atom. The van der Waals surface area contributed by atoms with Gasteiger partial charge in [-0.15, -0.1) is 0 Å². The van der Waals surface area contributed by atoms with Crippen LogP contribution in [-0.4, -0.2) is 142 Å². The van der Waals surface area contributed by atoms with Crippen LogP contribution < -0.4 is 19.6 Å². The van der Waals surface area contributed by atoms with Gasteiger partial charge in [0.05, 0.1) is 0 Å². The molecule has 0 aliphatic heterocycles. The summed E-state index contributed by atoms with van der Waals surface area (Å²) in [5.74, 6) is 0. The summed E-state index contributed by atoms with van der Waals surface area (Å²) in [7, 11) is 16.7. The number of hydrogen-bond donors (Lipinski definition) is 0. The van der Waals surface area contributed by atoms with Crippen LogP contribution in [0.3, 0.4) is 0 Å². The lowest BCUT2D eigenvalue weighted by Gasteiger charge is -2.22. The maximum Gasteiger partial charge on any atom is 0.168 e. The standard InChI is InChI=1S/2C37H44N3.2C23H24N3/c2*1-5-39(6-2)35-23-19-33(20-24-35)37(34-21-25-36(26-22-34)40(7-3)8-4)27-28-38(29-31-15-11-9-12-16-31)30-32-17-13-10-14-18-32;2*1-24(2)14-13-17(20-15-25(3)22-11-7-5-9-18(20)22)21-16-26(4)23-12-8-6-10-19(21)23/h2*9-28H,5-8,29-30H2,1-4H3;2*5-16H,1-4H3/q4*+1. The third kappa shape index (κ3) is 24.4. The van der Waals surface area contributed by atoms with Crippen LogP contribution in [-0.2, 0) is 54.4 Å². The number of allylic oxidation sites excluding steroid dienone is 4. The van der Waals surface area contributed by atoms with E-state index in [2.05, 4.69) is 557 Å². The Morgan fingerprint density at radius 1 is 0.227 bits per heavy atom. The van der Waals surface area contributed by atoms with Gasteiger partial charge in [0, 0.05) is 241 Å². The highest BCUT2D eigenvalue weighted by Gasteiger charge is 2.22. The number of aromatic nitrogens is 4. The second-order valence-electron chi connectivity index (χ2n) is 34.2. The summed E-state index contributed by atoms with van der Waals surface area (Å²) in [6.45, 7) is 29.1. The molecule has 4 aromatic heterocycles. The van der Waals surface area contributed by atoms with Crippen molar-refractivity contribution in [3.8, 4) is 0 Å². The van der Waals surface area contributed by atoms with Gasteiger partial charge in [-0.2, -0.15) is 0 Å². The molecule has 132 heavy (non-hydrogen) atoms. The Kier molecular flexibility index (Phi) is 34.1. The van der Waals surface area contributed by atoms with E-state index in [-0.39, 0.29) is 0 Å². The van der Waals surface area contributed by atoms with Gasteiger partial charge in [0.1, 0.15) is 28.2 Å². The molecule has 0 saturated heterocycles. The average molecular weight is 1750 g/mol. The van der Waals surface area contributed by atoms with Crippen LogP contribution in [0, 0.1) is 0 Å². The molecule has 12 nitrogen and oxygen atoms in total. The predicted octanol–water partition coefficient (Wildman–Crippen LogP) is 25.5. The molecule has 0 amide bonds. The molecule has 4 heterocycles. The molecule has 0 saturated carbocycles. The number of hydrogen-bond acceptors (Lipinski definition) is 4. The largest absolute Gasteiger partial charge is 0.372 e. The highest BCUT2D eigenvalue weighted by molar-refractivity contribution is 6.08. The highest BCUT2D eigenvalue weighted by Crippen LogP contribution is 2.39. The number of fused-ring (bicyclic) bond motifs is 4. The summed E-state index contributed by atoms with van der Waals surface area (Å²) in [6.07, 6.45) is 26.8. The minimum atomic E-state index is 0.849. The summed E-state index contributed by atoms with van der Waals surface area (Å²) in [4.78, 5) is 9.55. The van der Waals surface area contributed by atoms with E-state index in [1.807, 2.05) is 0 Å². The summed E-state index contributed by atoms with van der Waals surface area (Å²) in [5, 5.41) is 5.12. The molecule has 0 unspecified atom stereocenters. The molecular weight excluding hydrogens is 1610 g/mol. The zero-order valence-electron chi connectivity index (χ0n) is 80.8. The first-order chi connectivity index (χ1) is 64.4. The summed E-state index contributed by atoms with van der Waals surface area (Å²) in [6, 6.07) is 113. The van der Waals surface area contributed by atoms with Crippen molar-refractivity contribution in [1.82, 2.24) is 18.3 Å². The van der Waals surface area contributed by atoms with Crippen molar-refractivity contribution < 1.29 is 18.3 Å². The summed E-state index contributed by atoms with van der Waals surface area (Å²) in [5.41, 5.74) is 30.2. The van der Waals surface area contributed by atoms with Crippen LogP contribution in [0.2, 0.25) is 0 Å². The van der Waals surface area contributed by atoms with Gasteiger partial charge in [0.2, 0.25) is 0 Å². The van der Waals surface area contributed by atoms with Crippen LogP contribution in [0.5, 0.6) is 0 Å². The Hall–Kier alpha value is -14.4. The van der Waals surface area contributed by atoms with Gasteiger partial charge in [0.25, 0.3) is 0 Å². The SMILES string of the molecule is CCN(CC)c1ccc(C(=CC=[N+](Cc2ccccc2)Cc2ccccc2)c2ccc(N(CC)CC)cc2)cc1.CCN(CC)c1ccc(C(=CC=[N+](Cc2ccccc2)Cc2ccccc2)c2ccc(N(CC)CC)cc2)cc1.Cn1cc(C(=CC=[N+](C)C)c2cn(C)c3ccccc23)c2ccccc21.Cn1cc(C(=CC=[N+](C)C)c2cn(C)c3ccccc23)c2ccccc21. The van der Waals surface area contributed by atoms with Crippen LogP contribution >= 0.6 is 0 Å². The molecule has 0 aliphatic carbocycles. The van der Waals surface area contributed by atoms with E-state index in [1.165, 1.54) is 155 Å². The Bertz CT molecular complexity index is 5870. The third-order valence-electron chi connectivity index (χ3n) is 24.9. The normalized spacial score (nSPS) is 10.8. The molecule has 0 atom stereocenters. The minimum absolute atomic E-state index is 0.849. The fourth-order valence-electron chi connectivity index (χ4n) is 17.8. The number of aryl methyl sites for hydroxylation is 4. The zero-order chi connectivity index (χ0) is 92.8. The summed E-state index contributed by atoms with van der Waals surface area (Å²) < 4.78 is 17.8. The molecule has 672 valence electrons. The highest BCUT2D eigenvalue weighted by atomic mass is 15.1. The van der Waals surface area contributed by atoms with E-state index >= 15 is 0 Å². The first-order valence-corrected chi connectivity index (χ1v) is 47.2. The quantitative estimate of drug-likeness (QED) is 0.0311. The lowest BCUT2D eigenvalue weighted by Crippen LogP contribution is -2.21. The van der Waals surface area contributed by atoms with Crippen molar-refractivity contribution >= 4 is 114 Å². The van der Waals surface area contributed by atoms with Crippen LogP contribution in [0.1, 0.15) is 122 Å². The number of rotatable bonds is 32. The summed E-state index contributed by atoms with van der Waals surface area (Å²) >= 11 is 0. The molecule has 0 fully saturated rings. The smallest absolute Gasteiger partial charge is 0.168 e. The van der Waals surface area contributed by atoms with Crippen LogP contribution in [0.25, 0.3) is 65.9 Å². The fraction of sp³-hybridized carbons (Fsp3) is 0.233. The van der Waals surface area contributed by atoms with Gasteiger partial charge >= 0.3 is 0 Å². The van der Waals surface area contributed by atoms with Crippen molar-refractivity contribution in [1.29, 1.82) is 0 Å². The maximum atomic E-state index is 2.40. The van der Waals surface area contributed by atoms with Crippen molar-refractivity contribution in [3.05, 3.63) is 431 Å². The molecule has 12 aromatic carbocycles. The maximum absolute atomic E-state index is 2.40. The van der Waals surface area contributed by atoms with Gasteiger partial charge in [-0.05, 0) is 173 Å². The molecule has 0 aliphatic rings. The molecule has 0 spiro atoms. The van der Waals surface area contributed by atoms with Gasteiger partial charge in [-0.1, -0.05) is 243 Å². The Balaban J connectivity index is 0.000000152. The lowest BCUT2D eigenvalue weighted by atomic mass is 9.97. The molecule has 12 heteroatoms. The van der Waals surface area contributed by atoms with Crippen LogP contribution in [0.15, 0.2) is 365 Å². The van der Waals surface area contributed by atoms with Gasteiger partial charge in [0.15, 0.2) is 51.0 Å². The van der Waals surface area contributed by atoms with E-state index in [1.54, 1.807) is 0 Å². The minimum Gasteiger partial charge on any atom is -0.372 e. The van der Waals surface area contributed by atoms with Gasteiger partial charge in [-0.25, -0.2) is 18.3 Å². The monoisotopic (exact) mass is 1750 g/mol. The molecule has 16 aromatic rings. The Labute approximate surface area is 786 Å². The molecule has 0 radical (unpaired) electrons. The second kappa shape index (κ2) is 47.3. The van der Waals surface area contributed by atoms with E-state index in [4.69, 9.17) is 0 Å². The van der Waals surface area contributed by atoms with Gasteiger partial charge < -0.3 is 37.9 Å². The lowest BCUT2D eigenvalue weighted by molar-refractivity contribution is -0.555. The van der Waals surface area contributed by atoms with Crippen molar-refractivity contribution in [2.24, 2.45) is 28.2 Å². The first-order valence-electron chi connectivity index (χ1n) is 47.2. The zero-order valence-corrected chi connectivity index (χ0v) is 80.8. The number of para-hydroxylation sites is 4. The molecular formula is C120H136N12+4. The molecule has 0 bridgehead atoms. The van der Waals surface area contributed by atoms with Crippen molar-refractivity contribution in [2.45, 2.75) is 81.6 Å². The van der Waals surface area contributed by atoms with E-state index in [9.17, 15) is 0 Å². The first kappa shape index (κ1) is 95.2. The van der Waals surface area contributed by atoms with E-state index in [0.717, 1.165) is 78.5 Å². The fourth-order valence-corrected chi connectivity index (χ4v) is 17.8. The van der Waals surface area contributed by atoms with Crippen molar-refractivity contribution in [3.63, 3.8) is 0 Å². The van der Waals surface area contributed by atoms with Crippen LogP contribution in [0.4, 0.5) is 22.7 Å². The predicted molar refractivity (Wildman–Crippen MR) is 570 cm³/mol. The van der Waals surface area contributed by atoms with Crippen molar-refractivity contribution in [2.75, 3.05) is 100 Å².